The number of amides is 1. The second-order valence-electron chi connectivity index (χ2n) is 7.69. The van der Waals surface area contributed by atoms with Gasteiger partial charge in [-0.3, -0.25) is 14.6 Å². The molecule has 0 radical (unpaired) electrons. The lowest BCUT2D eigenvalue weighted by Crippen LogP contribution is -2.50. The first-order valence-corrected chi connectivity index (χ1v) is 11.3. The maximum atomic E-state index is 12.5. The molecule has 1 amide bonds. The smallest absolute Gasteiger partial charge is 0.234 e. The van der Waals surface area contributed by atoms with Crippen LogP contribution >= 0.6 is 11.6 Å². The Balaban J connectivity index is 1.39. The molecule has 0 aliphatic carbocycles. The second kappa shape index (κ2) is 12.5. The Morgan fingerprint density at radius 1 is 0.909 bits per heavy atom. The van der Waals surface area contributed by atoms with Crippen LogP contribution in [0.1, 0.15) is 5.56 Å². The van der Waals surface area contributed by atoms with Crippen molar-refractivity contribution >= 4 is 17.5 Å². The number of benzene rings is 2. The predicted molar refractivity (Wildman–Crippen MR) is 128 cm³/mol. The first kappa shape index (κ1) is 25.0. The Morgan fingerprint density at radius 3 is 2.21 bits per heavy atom. The van der Waals surface area contributed by atoms with Crippen LogP contribution in [0.5, 0.6) is 23.0 Å². The third-order valence-electron chi connectivity index (χ3n) is 5.60. The normalized spacial score (nSPS) is 14.5. The van der Waals surface area contributed by atoms with Crippen molar-refractivity contribution in [2.45, 2.75) is 6.54 Å². The highest BCUT2D eigenvalue weighted by atomic mass is 35.5. The first-order chi connectivity index (χ1) is 16.0. The van der Waals surface area contributed by atoms with Gasteiger partial charge in [0.25, 0.3) is 0 Å². The molecule has 1 fully saturated rings. The number of hydrogen-bond donors (Lipinski definition) is 1. The fourth-order valence-corrected chi connectivity index (χ4v) is 3.89. The largest absolute Gasteiger partial charge is 0.496 e. The van der Waals surface area contributed by atoms with E-state index >= 15 is 0 Å². The summed E-state index contributed by atoms with van der Waals surface area (Å²) >= 11 is 6.12. The number of para-hydroxylation sites is 1. The third kappa shape index (κ3) is 7.15. The van der Waals surface area contributed by atoms with Crippen molar-refractivity contribution in [2.24, 2.45) is 0 Å². The molecule has 0 bridgehead atoms. The van der Waals surface area contributed by atoms with Gasteiger partial charge >= 0.3 is 0 Å². The fourth-order valence-electron chi connectivity index (χ4n) is 3.70. The van der Waals surface area contributed by atoms with E-state index in [-0.39, 0.29) is 5.91 Å². The molecule has 1 heterocycles. The average Bonchev–Trinajstić information content (AvgIpc) is 2.84. The number of ether oxygens (including phenoxy) is 4. The van der Waals surface area contributed by atoms with E-state index in [4.69, 9.17) is 30.5 Å². The molecule has 33 heavy (non-hydrogen) atoms. The quantitative estimate of drug-likeness (QED) is 0.533. The molecule has 1 aliphatic rings. The van der Waals surface area contributed by atoms with Crippen molar-refractivity contribution in [1.29, 1.82) is 0 Å². The molecule has 9 heteroatoms. The highest BCUT2D eigenvalue weighted by Gasteiger charge is 2.19. The minimum atomic E-state index is -0.0256. The predicted octanol–water partition coefficient (Wildman–Crippen LogP) is 2.68. The van der Waals surface area contributed by atoms with Crippen LogP contribution in [0.4, 0.5) is 0 Å². The summed E-state index contributed by atoms with van der Waals surface area (Å²) in [4.78, 5) is 17.0. The third-order valence-corrected chi connectivity index (χ3v) is 5.91. The van der Waals surface area contributed by atoms with Gasteiger partial charge in [-0.25, -0.2) is 0 Å². The van der Waals surface area contributed by atoms with Gasteiger partial charge < -0.3 is 24.3 Å². The van der Waals surface area contributed by atoms with Crippen molar-refractivity contribution in [1.82, 2.24) is 15.1 Å². The molecule has 1 N–H and O–H groups in total. The summed E-state index contributed by atoms with van der Waals surface area (Å²) in [6.07, 6.45) is 0. The molecular formula is C24H32ClN3O5. The maximum absolute atomic E-state index is 12.5. The van der Waals surface area contributed by atoms with Crippen LogP contribution < -0.4 is 24.3 Å². The Hall–Kier alpha value is -2.68. The monoisotopic (exact) mass is 477 g/mol. The number of carbonyl (C=O) groups excluding carboxylic acids is 1. The molecule has 0 spiro atoms. The molecule has 2 aromatic carbocycles. The zero-order valence-electron chi connectivity index (χ0n) is 19.4. The second-order valence-corrected chi connectivity index (χ2v) is 8.10. The summed E-state index contributed by atoms with van der Waals surface area (Å²) in [6.45, 7) is 5.56. The lowest BCUT2D eigenvalue weighted by Gasteiger charge is -2.34. The number of nitrogens with one attached hydrogen (secondary N) is 1. The summed E-state index contributed by atoms with van der Waals surface area (Å²) < 4.78 is 21.9. The minimum Gasteiger partial charge on any atom is -0.496 e. The van der Waals surface area contributed by atoms with Crippen LogP contribution in [0.2, 0.25) is 5.02 Å². The summed E-state index contributed by atoms with van der Waals surface area (Å²) in [5.74, 6) is 2.50. The van der Waals surface area contributed by atoms with Crippen molar-refractivity contribution < 1.29 is 23.7 Å². The molecule has 0 aromatic heterocycles. The molecule has 0 saturated carbocycles. The molecule has 0 atom stereocenters. The van der Waals surface area contributed by atoms with E-state index in [1.165, 1.54) is 0 Å². The standard InChI is InChI=1S/C24H32ClN3O5/c1-30-21-15-23(32-3)22(31-2)14-18(21)16-26-24(29)17-28-10-8-27(9-11-28)12-13-33-20-7-5-4-6-19(20)25/h4-7,14-15H,8-13,16-17H2,1-3H3,(H,26,29). The Bertz CT molecular complexity index is 919. The van der Waals surface area contributed by atoms with Gasteiger partial charge in [-0.05, 0) is 18.2 Å². The van der Waals surface area contributed by atoms with Crippen molar-refractivity contribution in [2.75, 3.05) is 67.2 Å². The van der Waals surface area contributed by atoms with E-state index in [0.29, 0.717) is 47.7 Å². The van der Waals surface area contributed by atoms with Gasteiger partial charge in [-0.1, -0.05) is 23.7 Å². The van der Waals surface area contributed by atoms with Crippen molar-refractivity contribution in [3.05, 3.63) is 47.0 Å². The van der Waals surface area contributed by atoms with Crippen LogP contribution in [0, 0.1) is 0 Å². The maximum Gasteiger partial charge on any atom is 0.234 e. The average molecular weight is 478 g/mol. The molecule has 1 saturated heterocycles. The topological polar surface area (TPSA) is 72.5 Å². The van der Waals surface area contributed by atoms with Crippen LogP contribution in [0.3, 0.4) is 0 Å². The Kier molecular flexibility index (Phi) is 9.47. The Labute approximate surface area is 200 Å². The number of carbonyl (C=O) groups is 1. The van der Waals surface area contributed by atoms with E-state index in [1.54, 1.807) is 27.4 Å². The van der Waals surface area contributed by atoms with Crippen LogP contribution in [0.25, 0.3) is 0 Å². The van der Waals surface area contributed by atoms with Crippen LogP contribution in [0.15, 0.2) is 36.4 Å². The zero-order valence-corrected chi connectivity index (χ0v) is 20.2. The summed E-state index contributed by atoms with van der Waals surface area (Å²) in [6, 6.07) is 11.1. The van der Waals surface area contributed by atoms with Crippen LogP contribution in [-0.2, 0) is 11.3 Å². The van der Waals surface area contributed by atoms with E-state index in [2.05, 4.69) is 15.1 Å². The number of rotatable bonds is 11. The van der Waals surface area contributed by atoms with E-state index < -0.39 is 0 Å². The van der Waals surface area contributed by atoms with Gasteiger partial charge in [0.2, 0.25) is 5.91 Å². The minimum absolute atomic E-state index is 0.0256. The van der Waals surface area contributed by atoms with Gasteiger partial charge in [0.05, 0.1) is 32.9 Å². The number of piperazine rings is 1. The van der Waals surface area contributed by atoms with Crippen LogP contribution in [-0.4, -0.2) is 82.9 Å². The van der Waals surface area contributed by atoms with E-state index in [0.717, 1.165) is 38.3 Å². The SMILES string of the molecule is COc1cc(OC)c(OC)cc1CNC(=O)CN1CCN(CCOc2ccccc2Cl)CC1. The van der Waals surface area contributed by atoms with Gasteiger partial charge in [-0.15, -0.1) is 0 Å². The zero-order chi connectivity index (χ0) is 23.6. The number of halogens is 1. The molecule has 1 aliphatic heterocycles. The first-order valence-electron chi connectivity index (χ1n) is 10.9. The highest BCUT2D eigenvalue weighted by Crippen LogP contribution is 2.34. The summed E-state index contributed by atoms with van der Waals surface area (Å²) in [5.41, 5.74) is 0.826. The molecule has 180 valence electrons. The molecule has 0 unspecified atom stereocenters. The van der Waals surface area contributed by atoms with E-state index in [9.17, 15) is 4.79 Å². The van der Waals surface area contributed by atoms with Gasteiger partial charge in [0.15, 0.2) is 11.5 Å². The van der Waals surface area contributed by atoms with Gasteiger partial charge in [0, 0.05) is 50.9 Å². The molecule has 8 nitrogen and oxygen atoms in total. The van der Waals surface area contributed by atoms with Gasteiger partial charge in [0.1, 0.15) is 18.1 Å². The number of methoxy groups -OCH3 is 3. The fraction of sp³-hybridized carbons (Fsp3) is 0.458. The number of nitrogens with zero attached hydrogens (tertiary/aromatic N) is 2. The molecule has 3 rings (SSSR count). The Morgan fingerprint density at radius 2 is 1.55 bits per heavy atom. The summed E-state index contributed by atoms with van der Waals surface area (Å²) in [5, 5.41) is 3.60. The highest BCUT2D eigenvalue weighted by molar-refractivity contribution is 6.32. The number of hydrogen-bond acceptors (Lipinski definition) is 7. The lowest BCUT2D eigenvalue weighted by atomic mass is 10.1. The van der Waals surface area contributed by atoms with Crippen molar-refractivity contribution in [3.63, 3.8) is 0 Å². The summed E-state index contributed by atoms with van der Waals surface area (Å²) in [7, 11) is 4.74. The lowest BCUT2D eigenvalue weighted by molar-refractivity contribution is -0.122. The molecule has 2 aromatic rings. The molecular weight excluding hydrogens is 446 g/mol. The van der Waals surface area contributed by atoms with Gasteiger partial charge in [-0.2, -0.15) is 0 Å². The van der Waals surface area contributed by atoms with Crippen molar-refractivity contribution in [3.8, 4) is 23.0 Å². The van der Waals surface area contributed by atoms with E-state index in [1.807, 2.05) is 30.3 Å².